The number of hydrogen-bond acceptors (Lipinski definition) is 3. The van der Waals surface area contributed by atoms with Crippen LogP contribution in [0.25, 0.3) is 0 Å². The number of fused-ring (bicyclic) bond motifs is 1. The fraction of sp³-hybridized carbons (Fsp3) is 0.727. The van der Waals surface area contributed by atoms with E-state index in [-0.39, 0.29) is 12.0 Å². The van der Waals surface area contributed by atoms with Gasteiger partial charge in [-0.05, 0) is 36.7 Å². The van der Waals surface area contributed by atoms with Crippen LogP contribution in [0.3, 0.4) is 0 Å². The minimum absolute atomic E-state index is 0.0273. The van der Waals surface area contributed by atoms with Crippen molar-refractivity contribution in [1.82, 2.24) is 9.78 Å². The third kappa shape index (κ3) is 0.961. The van der Waals surface area contributed by atoms with Gasteiger partial charge in [0.2, 0.25) is 0 Å². The van der Waals surface area contributed by atoms with E-state index in [1.54, 1.807) is 0 Å². The number of hydrogen-bond donors (Lipinski definition) is 2. The highest BCUT2D eigenvalue weighted by molar-refractivity contribution is 5.35. The molecule has 1 heterocycles. The van der Waals surface area contributed by atoms with Crippen LogP contribution >= 0.6 is 0 Å². The molecular weight excluding hydrogens is 190 g/mol. The van der Waals surface area contributed by atoms with Crippen molar-refractivity contribution in [2.75, 3.05) is 6.61 Å². The number of aryl methyl sites for hydroxylation is 2. The van der Waals surface area contributed by atoms with Gasteiger partial charge in [0.1, 0.15) is 0 Å². The fourth-order valence-electron chi connectivity index (χ4n) is 3.18. The van der Waals surface area contributed by atoms with Gasteiger partial charge in [-0.15, -0.1) is 0 Å². The summed E-state index contributed by atoms with van der Waals surface area (Å²) in [5.41, 5.74) is 8.30. The molecule has 82 valence electrons. The first-order chi connectivity index (χ1) is 7.13. The lowest BCUT2D eigenvalue weighted by Gasteiger charge is -2.41. The van der Waals surface area contributed by atoms with Gasteiger partial charge >= 0.3 is 0 Å². The van der Waals surface area contributed by atoms with E-state index in [2.05, 4.69) is 5.10 Å². The van der Waals surface area contributed by atoms with E-state index in [1.165, 1.54) is 5.56 Å². The van der Waals surface area contributed by atoms with E-state index in [4.69, 9.17) is 5.73 Å². The summed E-state index contributed by atoms with van der Waals surface area (Å²) >= 11 is 0. The smallest absolute Gasteiger partial charge is 0.0873 e. The predicted octanol–water partition coefficient (Wildman–Crippen LogP) is 0.293. The number of nitrogens with zero attached hydrogens (tertiary/aromatic N) is 2. The van der Waals surface area contributed by atoms with Crippen molar-refractivity contribution in [1.29, 1.82) is 0 Å². The minimum atomic E-state index is -0.564. The molecule has 1 aromatic heterocycles. The van der Waals surface area contributed by atoms with Crippen LogP contribution in [0.4, 0.5) is 0 Å². The maximum absolute atomic E-state index is 9.65. The molecule has 3 rings (SSSR count). The van der Waals surface area contributed by atoms with Crippen molar-refractivity contribution >= 4 is 0 Å². The summed E-state index contributed by atoms with van der Waals surface area (Å²) in [5, 5.41) is 13.9. The summed E-state index contributed by atoms with van der Waals surface area (Å²) in [6.07, 6.45) is 6.34. The summed E-state index contributed by atoms with van der Waals surface area (Å²) < 4.78 is 1.84. The first-order valence-corrected chi connectivity index (χ1v) is 5.54. The van der Waals surface area contributed by atoms with Crippen molar-refractivity contribution < 1.29 is 5.11 Å². The molecule has 0 bridgehead atoms. The minimum Gasteiger partial charge on any atom is -0.394 e. The average molecular weight is 207 g/mol. The Morgan fingerprint density at radius 1 is 1.53 bits per heavy atom. The molecule has 1 atom stereocenters. The van der Waals surface area contributed by atoms with E-state index in [1.807, 2.05) is 17.9 Å². The van der Waals surface area contributed by atoms with Crippen LogP contribution in [0.5, 0.6) is 0 Å². The lowest BCUT2D eigenvalue weighted by atomic mass is 9.70. The van der Waals surface area contributed by atoms with Crippen LogP contribution in [0.15, 0.2) is 6.20 Å². The molecule has 15 heavy (non-hydrogen) atoms. The summed E-state index contributed by atoms with van der Waals surface area (Å²) in [4.78, 5) is 0. The molecule has 0 amide bonds. The predicted molar refractivity (Wildman–Crippen MR) is 56.1 cm³/mol. The maximum atomic E-state index is 9.65. The zero-order valence-corrected chi connectivity index (χ0v) is 9.03. The van der Waals surface area contributed by atoms with Gasteiger partial charge in [-0.25, -0.2) is 0 Å². The molecule has 0 radical (unpaired) electrons. The van der Waals surface area contributed by atoms with Gasteiger partial charge in [-0.1, -0.05) is 0 Å². The number of aliphatic hydroxyl groups is 1. The Balaban J connectivity index is 2.19. The van der Waals surface area contributed by atoms with Crippen LogP contribution in [0, 0.1) is 5.41 Å². The Morgan fingerprint density at radius 2 is 2.27 bits per heavy atom. The molecule has 1 fully saturated rings. The topological polar surface area (TPSA) is 64.1 Å². The Bertz CT molecular complexity index is 408. The second-order valence-corrected chi connectivity index (χ2v) is 5.05. The van der Waals surface area contributed by atoms with E-state index in [0.717, 1.165) is 31.4 Å². The second kappa shape index (κ2) is 2.62. The van der Waals surface area contributed by atoms with E-state index < -0.39 is 5.54 Å². The van der Waals surface area contributed by atoms with Crippen LogP contribution in [0.1, 0.15) is 30.5 Å². The van der Waals surface area contributed by atoms with Crippen LogP contribution in [0.2, 0.25) is 0 Å². The monoisotopic (exact) mass is 207 g/mol. The van der Waals surface area contributed by atoms with Crippen molar-refractivity contribution in [2.24, 2.45) is 18.2 Å². The van der Waals surface area contributed by atoms with Gasteiger partial charge in [0, 0.05) is 7.05 Å². The normalized spacial score (nSPS) is 31.7. The summed E-state index contributed by atoms with van der Waals surface area (Å²) in [6.45, 7) is 0.0273. The third-order valence-corrected chi connectivity index (χ3v) is 4.36. The standard InChI is InChI=1S/C11H17N3O/c1-14-9-8(6-13-14)2-3-10(4-5-10)11(9,12)7-15/h6,15H,2-5,7,12H2,1H3. The quantitative estimate of drug-likeness (QED) is 0.696. The van der Waals surface area contributed by atoms with Crippen LogP contribution < -0.4 is 5.73 Å². The van der Waals surface area contributed by atoms with Gasteiger partial charge in [0.15, 0.2) is 0 Å². The molecule has 4 heteroatoms. The van der Waals surface area contributed by atoms with Gasteiger partial charge < -0.3 is 10.8 Å². The Labute approximate surface area is 89.1 Å². The number of aromatic nitrogens is 2. The van der Waals surface area contributed by atoms with Gasteiger partial charge in [0.25, 0.3) is 0 Å². The average Bonchev–Trinajstić information content (AvgIpc) is 2.93. The largest absolute Gasteiger partial charge is 0.394 e. The number of rotatable bonds is 1. The fourth-order valence-corrected chi connectivity index (χ4v) is 3.18. The molecule has 1 saturated carbocycles. The lowest BCUT2D eigenvalue weighted by Crippen LogP contribution is -2.53. The van der Waals surface area contributed by atoms with Gasteiger partial charge in [0.05, 0.1) is 24.0 Å². The first kappa shape index (κ1) is 9.36. The van der Waals surface area contributed by atoms with Gasteiger partial charge in [-0.3, -0.25) is 4.68 Å². The SMILES string of the molecule is Cn1ncc2c1C(N)(CO)C1(CC2)CC1. The molecule has 0 saturated heterocycles. The summed E-state index contributed by atoms with van der Waals surface area (Å²) in [5.74, 6) is 0. The highest BCUT2D eigenvalue weighted by Crippen LogP contribution is 2.62. The van der Waals surface area contributed by atoms with Crippen LogP contribution in [-0.4, -0.2) is 21.5 Å². The Kier molecular flexibility index (Phi) is 1.64. The number of nitrogens with two attached hydrogens (primary N) is 1. The molecule has 1 aromatic rings. The van der Waals surface area contributed by atoms with Crippen molar-refractivity contribution in [3.63, 3.8) is 0 Å². The molecular formula is C11H17N3O. The second-order valence-electron chi connectivity index (χ2n) is 5.05. The summed E-state index contributed by atoms with van der Waals surface area (Å²) in [7, 11) is 1.91. The molecule has 0 aliphatic heterocycles. The zero-order valence-electron chi connectivity index (χ0n) is 9.03. The lowest BCUT2D eigenvalue weighted by molar-refractivity contribution is 0.101. The van der Waals surface area contributed by atoms with Crippen molar-refractivity contribution in [2.45, 2.75) is 31.2 Å². The van der Waals surface area contributed by atoms with Crippen molar-refractivity contribution in [3.8, 4) is 0 Å². The Morgan fingerprint density at radius 3 is 2.87 bits per heavy atom. The molecule has 1 spiro atoms. The van der Waals surface area contributed by atoms with Crippen molar-refractivity contribution in [3.05, 3.63) is 17.5 Å². The maximum Gasteiger partial charge on any atom is 0.0873 e. The highest BCUT2D eigenvalue weighted by atomic mass is 16.3. The number of aliphatic hydroxyl groups excluding tert-OH is 1. The molecule has 3 N–H and O–H groups in total. The van der Waals surface area contributed by atoms with Crippen LogP contribution in [-0.2, 0) is 19.0 Å². The zero-order chi connectivity index (χ0) is 10.7. The molecule has 1 unspecified atom stereocenters. The highest BCUT2D eigenvalue weighted by Gasteiger charge is 2.61. The molecule has 4 nitrogen and oxygen atoms in total. The van der Waals surface area contributed by atoms with E-state index in [9.17, 15) is 5.11 Å². The Hall–Kier alpha value is -0.870. The van der Waals surface area contributed by atoms with Gasteiger partial charge in [-0.2, -0.15) is 5.10 Å². The third-order valence-electron chi connectivity index (χ3n) is 4.36. The van der Waals surface area contributed by atoms with E-state index >= 15 is 0 Å². The van der Waals surface area contributed by atoms with E-state index in [0.29, 0.717) is 0 Å². The first-order valence-electron chi connectivity index (χ1n) is 5.54. The molecule has 2 aliphatic carbocycles. The molecule has 2 aliphatic rings. The summed E-state index contributed by atoms with van der Waals surface area (Å²) in [6, 6.07) is 0. The molecule has 0 aromatic carbocycles.